The molecule has 1 aromatic carbocycles. The lowest BCUT2D eigenvalue weighted by Gasteiger charge is -2.10. The second-order valence-electron chi connectivity index (χ2n) is 4.19. The summed E-state index contributed by atoms with van der Waals surface area (Å²) >= 11 is 0. The number of rotatable bonds is 4. The van der Waals surface area contributed by atoms with Crippen molar-refractivity contribution in [1.82, 2.24) is 4.98 Å². The van der Waals surface area contributed by atoms with E-state index in [1.54, 1.807) is 13.0 Å². The zero-order chi connectivity index (χ0) is 15.6. The van der Waals surface area contributed by atoms with Gasteiger partial charge in [-0.15, -0.1) is 0 Å². The van der Waals surface area contributed by atoms with E-state index in [2.05, 4.69) is 4.98 Å². The van der Waals surface area contributed by atoms with Gasteiger partial charge in [0, 0.05) is 5.69 Å². The number of pyridine rings is 1. The summed E-state index contributed by atoms with van der Waals surface area (Å²) in [6.07, 6.45) is 0. The largest absolute Gasteiger partial charge is 0.431 e. The molecule has 1 aromatic heterocycles. The number of nitrogens with two attached hydrogens (primary N) is 1. The number of amidine groups is 1. The number of nitrogens with zero attached hydrogens (tertiary/aromatic N) is 2. The number of aryl methyl sites for hydroxylation is 1. The van der Waals surface area contributed by atoms with Gasteiger partial charge in [0.1, 0.15) is 11.7 Å². The number of hydrogen-bond donors (Lipinski definition) is 2. The predicted octanol–water partition coefficient (Wildman–Crippen LogP) is 2.51. The van der Waals surface area contributed by atoms with Crippen LogP contribution in [0.1, 0.15) is 11.3 Å². The second kappa shape index (κ2) is 5.53. The molecule has 0 aliphatic carbocycles. The van der Waals surface area contributed by atoms with Gasteiger partial charge in [-0.25, -0.2) is 9.37 Å². The summed E-state index contributed by atoms with van der Waals surface area (Å²) in [5.41, 5.74) is 5.65. The van der Waals surface area contributed by atoms with Gasteiger partial charge in [0.15, 0.2) is 0 Å². The maximum Gasteiger partial charge on any atom is 0.314 e. The van der Waals surface area contributed by atoms with E-state index in [0.29, 0.717) is 5.69 Å². The maximum atomic E-state index is 13.1. The molecule has 7 nitrogen and oxygen atoms in total. The number of nitrogen functional groups attached to an aromatic ring is 1. The van der Waals surface area contributed by atoms with E-state index < -0.39 is 16.4 Å². The number of hydrogen-bond acceptors (Lipinski definition) is 5. The van der Waals surface area contributed by atoms with E-state index in [1.807, 2.05) is 0 Å². The molecule has 0 radical (unpaired) electrons. The lowest BCUT2D eigenvalue weighted by Crippen LogP contribution is -2.13. The molecule has 2 rings (SSSR count). The molecule has 8 heteroatoms. The minimum atomic E-state index is -0.762. The molecule has 0 amide bonds. The number of ether oxygens (including phenoxy) is 1. The van der Waals surface area contributed by atoms with E-state index >= 15 is 0 Å². The quantitative estimate of drug-likeness (QED) is 0.388. The average Bonchev–Trinajstić information content (AvgIpc) is 2.40. The molecule has 0 saturated heterocycles. The van der Waals surface area contributed by atoms with Crippen molar-refractivity contribution in [3.05, 3.63) is 57.5 Å². The Morgan fingerprint density at radius 3 is 2.76 bits per heavy atom. The summed E-state index contributed by atoms with van der Waals surface area (Å²) in [5.74, 6) is -1.26. The van der Waals surface area contributed by atoms with E-state index in [9.17, 15) is 14.5 Å². The fourth-order valence-corrected chi connectivity index (χ4v) is 1.64. The molecule has 0 atom stereocenters. The van der Waals surface area contributed by atoms with Crippen LogP contribution in [0.15, 0.2) is 30.3 Å². The number of halogens is 1. The van der Waals surface area contributed by atoms with Crippen LogP contribution in [0, 0.1) is 28.3 Å². The Morgan fingerprint density at radius 1 is 1.43 bits per heavy atom. The molecule has 0 spiro atoms. The Kier molecular flexibility index (Phi) is 3.79. The Labute approximate surface area is 118 Å². The summed E-state index contributed by atoms with van der Waals surface area (Å²) in [4.78, 5) is 14.2. The van der Waals surface area contributed by atoms with Gasteiger partial charge in [0.05, 0.1) is 16.6 Å². The minimum Gasteiger partial charge on any atom is -0.431 e. The van der Waals surface area contributed by atoms with Gasteiger partial charge in [0.2, 0.25) is 11.6 Å². The van der Waals surface area contributed by atoms with Crippen LogP contribution in [0.3, 0.4) is 0 Å². The molecule has 0 unspecified atom stereocenters. The van der Waals surface area contributed by atoms with Crippen LogP contribution in [0.2, 0.25) is 0 Å². The lowest BCUT2D eigenvalue weighted by atomic mass is 10.2. The smallest absolute Gasteiger partial charge is 0.314 e. The monoisotopic (exact) mass is 290 g/mol. The zero-order valence-electron chi connectivity index (χ0n) is 11.0. The summed E-state index contributed by atoms with van der Waals surface area (Å²) in [6, 6.07) is 6.06. The van der Waals surface area contributed by atoms with Crippen molar-refractivity contribution in [3.8, 4) is 11.6 Å². The normalized spacial score (nSPS) is 10.2. The second-order valence-corrected chi connectivity index (χ2v) is 4.19. The number of nitro benzene ring substituents is 1. The van der Waals surface area contributed by atoms with Crippen molar-refractivity contribution in [1.29, 1.82) is 5.41 Å². The van der Waals surface area contributed by atoms with E-state index in [1.165, 1.54) is 6.07 Å². The Balaban J connectivity index is 2.50. The van der Waals surface area contributed by atoms with Crippen molar-refractivity contribution in [3.63, 3.8) is 0 Å². The van der Waals surface area contributed by atoms with Gasteiger partial charge in [-0.2, -0.15) is 0 Å². The van der Waals surface area contributed by atoms with Gasteiger partial charge in [-0.1, -0.05) is 0 Å². The van der Waals surface area contributed by atoms with Crippen LogP contribution >= 0.6 is 0 Å². The number of aromatic nitrogens is 1. The van der Waals surface area contributed by atoms with Crippen LogP contribution < -0.4 is 10.5 Å². The van der Waals surface area contributed by atoms with Crippen molar-refractivity contribution in [2.24, 2.45) is 5.73 Å². The molecule has 1 heterocycles. The molecule has 3 N–H and O–H groups in total. The highest BCUT2D eigenvalue weighted by Crippen LogP contribution is 2.32. The first-order valence-electron chi connectivity index (χ1n) is 5.82. The van der Waals surface area contributed by atoms with Gasteiger partial charge < -0.3 is 10.5 Å². The highest BCUT2D eigenvalue weighted by Gasteiger charge is 2.19. The van der Waals surface area contributed by atoms with Gasteiger partial charge in [-0.05, 0) is 31.2 Å². The predicted molar refractivity (Wildman–Crippen MR) is 73.1 cm³/mol. The lowest BCUT2D eigenvalue weighted by molar-refractivity contribution is -0.385. The number of nitro groups is 1. The Hall–Kier alpha value is -3.03. The molecule has 0 aliphatic rings. The van der Waals surface area contributed by atoms with Crippen LogP contribution in [-0.4, -0.2) is 15.7 Å². The summed E-state index contributed by atoms with van der Waals surface area (Å²) < 4.78 is 18.4. The van der Waals surface area contributed by atoms with Gasteiger partial charge in [-0.3, -0.25) is 15.5 Å². The van der Waals surface area contributed by atoms with E-state index in [4.69, 9.17) is 15.9 Å². The molecular formula is C13H11FN4O3. The van der Waals surface area contributed by atoms with Crippen molar-refractivity contribution < 1.29 is 14.1 Å². The zero-order valence-corrected chi connectivity index (χ0v) is 11.0. The molecule has 108 valence electrons. The van der Waals surface area contributed by atoms with E-state index in [-0.39, 0.29) is 23.0 Å². The third-order valence-electron chi connectivity index (χ3n) is 2.61. The molecule has 2 aromatic rings. The van der Waals surface area contributed by atoms with Crippen molar-refractivity contribution >= 4 is 11.5 Å². The standard InChI is InChI=1S/C13H11FN4O3/c1-7-2-4-9(12(15)16)13(17-7)21-11-5-3-8(14)6-10(11)18(19)20/h2-6H,1H3,(H3,15,16). The van der Waals surface area contributed by atoms with E-state index in [0.717, 1.165) is 18.2 Å². The molecule has 0 aliphatic heterocycles. The maximum absolute atomic E-state index is 13.1. The Bertz CT molecular complexity index is 733. The number of benzene rings is 1. The summed E-state index contributed by atoms with van der Waals surface area (Å²) in [5, 5.41) is 18.4. The fourth-order valence-electron chi connectivity index (χ4n) is 1.64. The molecular weight excluding hydrogens is 279 g/mol. The first kappa shape index (κ1) is 14.4. The molecule has 0 saturated carbocycles. The van der Waals surface area contributed by atoms with Crippen molar-refractivity contribution in [2.45, 2.75) is 6.92 Å². The molecule has 21 heavy (non-hydrogen) atoms. The van der Waals surface area contributed by atoms with Gasteiger partial charge in [0.25, 0.3) is 0 Å². The van der Waals surface area contributed by atoms with Crippen LogP contribution in [0.25, 0.3) is 0 Å². The number of nitrogens with one attached hydrogen (secondary N) is 1. The molecule has 0 fully saturated rings. The minimum absolute atomic E-state index is 0.0443. The first-order chi connectivity index (χ1) is 9.88. The first-order valence-corrected chi connectivity index (χ1v) is 5.82. The third kappa shape index (κ3) is 3.11. The van der Waals surface area contributed by atoms with Crippen LogP contribution in [0.4, 0.5) is 10.1 Å². The highest BCUT2D eigenvalue weighted by atomic mass is 19.1. The SMILES string of the molecule is Cc1ccc(C(=N)N)c(Oc2ccc(F)cc2[N+](=O)[O-])n1. The van der Waals surface area contributed by atoms with Crippen molar-refractivity contribution in [2.75, 3.05) is 0 Å². The van der Waals surface area contributed by atoms with Crippen LogP contribution in [0.5, 0.6) is 11.6 Å². The average molecular weight is 290 g/mol. The highest BCUT2D eigenvalue weighted by molar-refractivity contribution is 5.97. The summed E-state index contributed by atoms with van der Waals surface area (Å²) in [7, 11) is 0. The van der Waals surface area contributed by atoms with Gasteiger partial charge >= 0.3 is 5.69 Å². The third-order valence-corrected chi connectivity index (χ3v) is 2.61. The summed E-state index contributed by atoms with van der Waals surface area (Å²) in [6.45, 7) is 1.69. The topological polar surface area (TPSA) is 115 Å². The molecule has 0 bridgehead atoms. The Morgan fingerprint density at radius 2 is 2.14 bits per heavy atom. The fraction of sp³-hybridized carbons (Fsp3) is 0.0769. The van der Waals surface area contributed by atoms with Crippen LogP contribution in [-0.2, 0) is 0 Å².